The van der Waals surface area contributed by atoms with Crippen molar-refractivity contribution in [2.45, 2.75) is 40.0 Å². The molecule has 4 nitrogen and oxygen atoms in total. The highest BCUT2D eigenvalue weighted by Gasteiger charge is 2.36. The van der Waals surface area contributed by atoms with E-state index in [4.69, 9.17) is 4.74 Å². The van der Waals surface area contributed by atoms with Crippen LogP contribution in [0.2, 0.25) is 0 Å². The maximum Gasteiger partial charge on any atom is 0.214 e. The molecule has 19 heavy (non-hydrogen) atoms. The van der Waals surface area contributed by atoms with Crippen molar-refractivity contribution in [2.75, 3.05) is 32.1 Å². The first kappa shape index (κ1) is 15.0. The monoisotopic (exact) mass is 287 g/mol. The summed E-state index contributed by atoms with van der Waals surface area (Å²) in [5.41, 5.74) is 2.41. The van der Waals surface area contributed by atoms with Crippen molar-refractivity contribution in [1.82, 2.24) is 4.31 Å². The summed E-state index contributed by atoms with van der Waals surface area (Å²) >= 11 is 0. The van der Waals surface area contributed by atoms with Crippen molar-refractivity contribution < 1.29 is 13.2 Å². The molecule has 2 rings (SSSR count). The lowest BCUT2D eigenvalue weighted by Crippen LogP contribution is -2.43. The Balaban J connectivity index is 2.07. The summed E-state index contributed by atoms with van der Waals surface area (Å²) in [5.74, 6) is 0.260. The van der Waals surface area contributed by atoms with Gasteiger partial charge in [0, 0.05) is 26.3 Å². The minimum absolute atomic E-state index is 0.124. The quantitative estimate of drug-likeness (QED) is 0.747. The summed E-state index contributed by atoms with van der Waals surface area (Å²) < 4.78 is 32.2. The van der Waals surface area contributed by atoms with E-state index in [0.717, 1.165) is 19.3 Å². The fraction of sp³-hybridized carbons (Fsp3) is 0.857. The van der Waals surface area contributed by atoms with Crippen LogP contribution in [0.15, 0.2) is 11.1 Å². The number of rotatable bonds is 3. The van der Waals surface area contributed by atoms with Gasteiger partial charge >= 0.3 is 0 Å². The maximum atomic E-state index is 12.6. The van der Waals surface area contributed by atoms with Crippen molar-refractivity contribution in [3.8, 4) is 0 Å². The minimum atomic E-state index is -3.15. The van der Waals surface area contributed by atoms with E-state index in [1.54, 1.807) is 4.31 Å². The van der Waals surface area contributed by atoms with E-state index >= 15 is 0 Å². The molecule has 0 saturated carbocycles. The first-order chi connectivity index (χ1) is 8.82. The highest BCUT2D eigenvalue weighted by Crippen LogP contribution is 2.33. The first-order valence-electron chi connectivity index (χ1n) is 7.03. The Bertz CT molecular complexity index is 461. The topological polar surface area (TPSA) is 46.6 Å². The van der Waals surface area contributed by atoms with Gasteiger partial charge in [0.05, 0.1) is 5.75 Å². The maximum absolute atomic E-state index is 12.6. The first-order valence-corrected chi connectivity index (χ1v) is 8.64. The summed E-state index contributed by atoms with van der Waals surface area (Å²) in [6, 6.07) is 0. The van der Waals surface area contributed by atoms with E-state index in [0.29, 0.717) is 26.3 Å². The zero-order valence-electron chi connectivity index (χ0n) is 12.2. The van der Waals surface area contributed by atoms with Crippen molar-refractivity contribution >= 4 is 10.0 Å². The fourth-order valence-electron chi connectivity index (χ4n) is 2.76. The molecular weight excluding hydrogens is 262 g/mol. The Labute approximate surface area is 116 Å². The average molecular weight is 287 g/mol. The molecule has 2 aliphatic rings. The van der Waals surface area contributed by atoms with Gasteiger partial charge in [-0.25, -0.2) is 8.42 Å². The van der Waals surface area contributed by atoms with E-state index in [2.05, 4.69) is 13.8 Å². The zero-order chi connectivity index (χ0) is 14.1. The molecule has 0 atom stereocenters. The molecule has 0 aromatic carbocycles. The van der Waals surface area contributed by atoms with Crippen LogP contribution in [-0.4, -0.2) is 44.8 Å². The van der Waals surface area contributed by atoms with Crippen LogP contribution in [0.3, 0.4) is 0 Å². The van der Waals surface area contributed by atoms with Gasteiger partial charge in [-0.15, -0.1) is 0 Å². The van der Waals surface area contributed by atoms with Gasteiger partial charge in [0.25, 0.3) is 0 Å². The van der Waals surface area contributed by atoms with Gasteiger partial charge in [-0.2, -0.15) is 4.31 Å². The lowest BCUT2D eigenvalue weighted by molar-refractivity contribution is 0.0337. The number of hydrogen-bond acceptors (Lipinski definition) is 3. The molecule has 2 heterocycles. The molecule has 1 fully saturated rings. The van der Waals surface area contributed by atoms with Gasteiger partial charge in [0.15, 0.2) is 0 Å². The SMILES string of the molecule is CC1=C(C)CN(S(=O)(=O)CC2(C)CCOCC2)CC1. The predicted molar refractivity (Wildman–Crippen MR) is 76.5 cm³/mol. The van der Waals surface area contributed by atoms with E-state index in [-0.39, 0.29) is 11.2 Å². The van der Waals surface area contributed by atoms with Crippen LogP contribution >= 0.6 is 0 Å². The third-order valence-electron chi connectivity index (χ3n) is 4.50. The lowest BCUT2D eigenvalue weighted by atomic mass is 9.85. The molecule has 0 radical (unpaired) electrons. The smallest absolute Gasteiger partial charge is 0.214 e. The normalized spacial score (nSPS) is 25.6. The Hall–Kier alpha value is -0.390. The van der Waals surface area contributed by atoms with Gasteiger partial charge in [-0.05, 0) is 38.5 Å². The molecule has 0 unspecified atom stereocenters. The van der Waals surface area contributed by atoms with E-state index in [1.807, 2.05) is 6.92 Å². The zero-order valence-corrected chi connectivity index (χ0v) is 13.1. The Kier molecular flexibility index (Phi) is 4.38. The van der Waals surface area contributed by atoms with Gasteiger partial charge in [-0.3, -0.25) is 0 Å². The minimum Gasteiger partial charge on any atom is -0.381 e. The van der Waals surface area contributed by atoms with Crippen LogP contribution < -0.4 is 0 Å². The predicted octanol–water partition coefficient (Wildman–Crippen LogP) is 2.17. The number of nitrogens with zero attached hydrogens (tertiary/aromatic N) is 1. The second-order valence-corrected chi connectivity index (χ2v) is 8.29. The molecule has 0 bridgehead atoms. The van der Waals surface area contributed by atoms with Crippen LogP contribution in [0.1, 0.15) is 40.0 Å². The Morgan fingerprint density at radius 3 is 2.42 bits per heavy atom. The average Bonchev–Trinajstić information content (AvgIpc) is 2.32. The second-order valence-electron chi connectivity index (χ2n) is 6.32. The Morgan fingerprint density at radius 2 is 1.84 bits per heavy atom. The van der Waals surface area contributed by atoms with Crippen LogP contribution in [0, 0.1) is 5.41 Å². The van der Waals surface area contributed by atoms with Crippen LogP contribution in [0.4, 0.5) is 0 Å². The van der Waals surface area contributed by atoms with Crippen molar-refractivity contribution in [2.24, 2.45) is 5.41 Å². The molecule has 1 saturated heterocycles. The fourth-order valence-corrected chi connectivity index (χ4v) is 4.87. The summed E-state index contributed by atoms with van der Waals surface area (Å²) in [5, 5.41) is 0. The number of ether oxygens (including phenoxy) is 1. The number of hydrogen-bond donors (Lipinski definition) is 0. The van der Waals surface area contributed by atoms with Crippen LogP contribution in [-0.2, 0) is 14.8 Å². The summed E-state index contributed by atoms with van der Waals surface area (Å²) in [6.07, 6.45) is 2.55. The summed E-state index contributed by atoms with van der Waals surface area (Å²) in [6.45, 7) is 8.78. The van der Waals surface area contributed by atoms with Crippen molar-refractivity contribution in [1.29, 1.82) is 0 Å². The molecule has 0 aromatic rings. The second kappa shape index (κ2) is 5.54. The molecule has 0 spiro atoms. The molecule has 0 N–H and O–H groups in total. The van der Waals surface area contributed by atoms with E-state index < -0.39 is 10.0 Å². The number of sulfonamides is 1. The van der Waals surface area contributed by atoms with Gasteiger partial charge < -0.3 is 4.74 Å². The van der Waals surface area contributed by atoms with E-state index in [9.17, 15) is 8.42 Å². The Morgan fingerprint density at radius 1 is 1.21 bits per heavy atom. The molecule has 110 valence electrons. The highest BCUT2D eigenvalue weighted by molar-refractivity contribution is 7.89. The van der Waals surface area contributed by atoms with Crippen LogP contribution in [0.5, 0.6) is 0 Å². The molecule has 5 heteroatoms. The molecule has 0 amide bonds. The van der Waals surface area contributed by atoms with E-state index in [1.165, 1.54) is 11.1 Å². The molecular formula is C14H25NO3S. The standard InChI is InChI=1S/C14H25NO3S/c1-12-4-7-15(10-13(12)2)19(16,17)11-14(3)5-8-18-9-6-14/h4-11H2,1-3H3. The van der Waals surface area contributed by atoms with Gasteiger partial charge in [-0.1, -0.05) is 18.1 Å². The van der Waals surface area contributed by atoms with Gasteiger partial charge in [0.2, 0.25) is 10.0 Å². The third kappa shape index (κ3) is 3.58. The van der Waals surface area contributed by atoms with Crippen molar-refractivity contribution in [3.63, 3.8) is 0 Å². The molecule has 2 aliphatic heterocycles. The molecule has 0 aromatic heterocycles. The third-order valence-corrected chi connectivity index (χ3v) is 6.66. The van der Waals surface area contributed by atoms with Crippen LogP contribution in [0.25, 0.3) is 0 Å². The van der Waals surface area contributed by atoms with Crippen molar-refractivity contribution in [3.05, 3.63) is 11.1 Å². The lowest BCUT2D eigenvalue weighted by Gasteiger charge is -2.36. The molecule has 0 aliphatic carbocycles. The summed E-state index contributed by atoms with van der Waals surface area (Å²) in [7, 11) is -3.15. The van der Waals surface area contributed by atoms with Gasteiger partial charge in [0.1, 0.15) is 0 Å². The highest BCUT2D eigenvalue weighted by atomic mass is 32.2. The summed E-state index contributed by atoms with van der Waals surface area (Å²) in [4.78, 5) is 0. The largest absolute Gasteiger partial charge is 0.381 e.